The molecule has 1 atom stereocenters. The molecule has 0 bridgehead atoms. The summed E-state index contributed by atoms with van der Waals surface area (Å²) in [4.78, 5) is 0. The Kier molecular flexibility index (Phi) is 4.81. The normalized spacial score (nSPS) is 12.2. The summed E-state index contributed by atoms with van der Waals surface area (Å²) in [6.45, 7) is 6.30. The third-order valence-corrected chi connectivity index (χ3v) is 3.78. The van der Waals surface area contributed by atoms with E-state index in [0.29, 0.717) is 0 Å². The number of benzene rings is 2. The van der Waals surface area contributed by atoms with Gasteiger partial charge in [-0.15, -0.1) is 0 Å². The lowest BCUT2D eigenvalue weighted by Crippen LogP contribution is -2.19. The van der Waals surface area contributed by atoms with Crippen LogP contribution in [0.5, 0.6) is 0 Å². The SMILES string of the molecule is Cc1cc(Br)cc(C)c1NC(C)Cc1cccc(F)c1. The van der Waals surface area contributed by atoms with Crippen LogP contribution < -0.4 is 5.32 Å². The minimum atomic E-state index is -0.175. The fourth-order valence-electron chi connectivity index (χ4n) is 2.45. The number of hydrogen-bond acceptors (Lipinski definition) is 1. The summed E-state index contributed by atoms with van der Waals surface area (Å²) < 4.78 is 14.3. The molecule has 0 spiro atoms. The van der Waals surface area contributed by atoms with Crippen LogP contribution >= 0.6 is 15.9 Å². The Labute approximate surface area is 128 Å². The predicted molar refractivity (Wildman–Crippen MR) is 86.8 cm³/mol. The first kappa shape index (κ1) is 15.0. The van der Waals surface area contributed by atoms with Gasteiger partial charge in [-0.3, -0.25) is 0 Å². The molecule has 1 N–H and O–H groups in total. The smallest absolute Gasteiger partial charge is 0.123 e. The molecule has 0 fully saturated rings. The first-order valence-electron chi connectivity index (χ1n) is 6.73. The molecule has 2 rings (SSSR count). The Morgan fingerprint density at radius 3 is 2.40 bits per heavy atom. The average molecular weight is 336 g/mol. The van der Waals surface area contributed by atoms with Gasteiger partial charge < -0.3 is 5.32 Å². The van der Waals surface area contributed by atoms with Crippen molar-refractivity contribution < 1.29 is 4.39 Å². The maximum atomic E-state index is 13.2. The number of halogens is 2. The van der Waals surface area contributed by atoms with Crippen LogP contribution in [0.1, 0.15) is 23.6 Å². The minimum absolute atomic E-state index is 0.175. The highest BCUT2D eigenvalue weighted by Gasteiger charge is 2.09. The van der Waals surface area contributed by atoms with E-state index in [1.54, 1.807) is 12.1 Å². The first-order chi connectivity index (χ1) is 9.45. The largest absolute Gasteiger partial charge is 0.382 e. The Hall–Kier alpha value is -1.35. The number of hydrogen-bond donors (Lipinski definition) is 1. The van der Waals surface area contributed by atoms with E-state index in [0.717, 1.165) is 22.1 Å². The standard InChI is InChI=1S/C17H19BrFN/c1-11-7-15(18)8-12(2)17(11)20-13(3)9-14-5-4-6-16(19)10-14/h4-8,10,13,20H,9H2,1-3H3. The zero-order valence-electron chi connectivity index (χ0n) is 12.0. The summed E-state index contributed by atoms with van der Waals surface area (Å²) in [5.74, 6) is -0.175. The minimum Gasteiger partial charge on any atom is -0.382 e. The van der Waals surface area contributed by atoms with E-state index in [1.807, 2.05) is 6.07 Å². The molecule has 20 heavy (non-hydrogen) atoms. The molecule has 3 heteroatoms. The van der Waals surface area contributed by atoms with Gasteiger partial charge in [-0.05, 0) is 68.1 Å². The number of nitrogens with one attached hydrogen (secondary N) is 1. The number of anilines is 1. The molecule has 0 saturated carbocycles. The van der Waals surface area contributed by atoms with Crippen molar-refractivity contribution in [1.82, 2.24) is 0 Å². The highest BCUT2D eigenvalue weighted by Crippen LogP contribution is 2.26. The molecule has 0 aromatic heterocycles. The molecular formula is C17H19BrFN. The Balaban J connectivity index is 2.10. The molecule has 0 heterocycles. The van der Waals surface area contributed by atoms with Crippen LogP contribution in [0, 0.1) is 19.7 Å². The average Bonchev–Trinajstić information content (AvgIpc) is 2.33. The molecule has 1 nitrogen and oxygen atoms in total. The van der Waals surface area contributed by atoms with Gasteiger partial charge in [-0.1, -0.05) is 28.1 Å². The van der Waals surface area contributed by atoms with Gasteiger partial charge in [0.25, 0.3) is 0 Å². The monoisotopic (exact) mass is 335 g/mol. The van der Waals surface area contributed by atoms with Gasteiger partial charge in [0.05, 0.1) is 0 Å². The molecular weight excluding hydrogens is 317 g/mol. The fraction of sp³-hybridized carbons (Fsp3) is 0.294. The maximum absolute atomic E-state index is 13.2. The Morgan fingerprint density at radius 1 is 1.15 bits per heavy atom. The van der Waals surface area contributed by atoms with Crippen molar-refractivity contribution >= 4 is 21.6 Å². The van der Waals surface area contributed by atoms with Crippen molar-refractivity contribution in [1.29, 1.82) is 0 Å². The maximum Gasteiger partial charge on any atom is 0.123 e. The van der Waals surface area contributed by atoms with Crippen molar-refractivity contribution in [3.05, 3.63) is 63.4 Å². The number of rotatable bonds is 4. The van der Waals surface area contributed by atoms with Crippen molar-refractivity contribution in [3.8, 4) is 0 Å². The lowest BCUT2D eigenvalue weighted by Gasteiger charge is -2.19. The van der Waals surface area contributed by atoms with Crippen LogP contribution in [0.15, 0.2) is 40.9 Å². The second-order valence-corrected chi connectivity index (χ2v) is 6.21. The van der Waals surface area contributed by atoms with Crippen LogP contribution in [-0.4, -0.2) is 6.04 Å². The third-order valence-electron chi connectivity index (χ3n) is 3.32. The van der Waals surface area contributed by atoms with Crippen LogP contribution in [-0.2, 0) is 6.42 Å². The zero-order valence-corrected chi connectivity index (χ0v) is 13.6. The lowest BCUT2D eigenvalue weighted by atomic mass is 10.0. The Morgan fingerprint density at radius 2 is 1.80 bits per heavy atom. The molecule has 2 aromatic rings. The zero-order chi connectivity index (χ0) is 14.7. The van der Waals surface area contributed by atoms with Crippen LogP contribution in [0.25, 0.3) is 0 Å². The van der Waals surface area contributed by atoms with Crippen molar-refractivity contribution in [2.24, 2.45) is 0 Å². The van der Waals surface area contributed by atoms with E-state index < -0.39 is 0 Å². The predicted octanol–water partition coefficient (Wildman–Crippen LogP) is 5.25. The molecule has 106 valence electrons. The lowest BCUT2D eigenvalue weighted by molar-refractivity contribution is 0.624. The first-order valence-corrected chi connectivity index (χ1v) is 7.52. The summed E-state index contributed by atoms with van der Waals surface area (Å²) in [5.41, 5.74) is 4.60. The number of aryl methyl sites for hydroxylation is 2. The highest BCUT2D eigenvalue weighted by atomic mass is 79.9. The molecule has 0 aliphatic carbocycles. The van der Waals surface area contributed by atoms with E-state index in [4.69, 9.17) is 0 Å². The van der Waals surface area contributed by atoms with Gasteiger partial charge in [0.2, 0.25) is 0 Å². The summed E-state index contributed by atoms with van der Waals surface area (Å²) in [5, 5.41) is 3.53. The third kappa shape index (κ3) is 3.83. The molecule has 0 amide bonds. The summed E-state index contributed by atoms with van der Waals surface area (Å²) in [6, 6.07) is 11.2. The van der Waals surface area contributed by atoms with Crippen molar-refractivity contribution in [2.75, 3.05) is 5.32 Å². The summed E-state index contributed by atoms with van der Waals surface area (Å²) >= 11 is 3.51. The summed E-state index contributed by atoms with van der Waals surface area (Å²) in [6.07, 6.45) is 0.798. The topological polar surface area (TPSA) is 12.0 Å². The van der Waals surface area contributed by atoms with Crippen molar-refractivity contribution in [3.63, 3.8) is 0 Å². The highest BCUT2D eigenvalue weighted by molar-refractivity contribution is 9.10. The van der Waals surface area contributed by atoms with Gasteiger partial charge in [-0.25, -0.2) is 4.39 Å². The van der Waals surface area contributed by atoms with E-state index >= 15 is 0 Å². The van der Waals surface area contributed by atoms with Gasteiger partial charge in [0.15, 0.2) is 0 Å². The Bertz CT molecular complexity index is 587. The van der Waals surface area contributed by atoms with E-state index in [1.165, 1.54) is 17.2 Å². The molecule has 0 saturated heterocycles. The van der Waals surface area contributed by atoms with E-state index in [-0.39, 0.29) is 11.9 Å². The van der Waals surface area contributed by atoms with E-state index in [9.17, 15) is 4.39 Å². The van der Waals surface area contributed by atoms with Crippen LogP contribution in [0.3, 0.4) is 0 Å². The quantitative estimate of drug-likeness (QED) is 0.804. The van der Waals surface area contributed by atoms with Crippen LogP contribution in [0.2, 0.25) is 0 Å². The molecule has 2 aromatic carbocycles. The van der Waals surface area contributed by atoms with Gasteiger partial charge in [0.1, 0.15) is 5.82 Å². The van der Waals surface area contributed by atoms with Gasteiger partial charge >= 0.3 is 0 Å². The molecule has 1 unspecified atom stereocenters. The summed E-state index contributed by atoms with van der Waals surface area (Å²) in [7, 11) is 0. The fourth-order valence-corrected chi connectivity index (χ4v) is 3.14. The van der Waals surface area contributed by atoms with E-state index in [2.05, 4.69) is 54.2 Å². The van der Waals surface area contributed by atoms with Gasteiger partial charge in [0, 0.05) is 16.2 Å². The van der Waals surface area contributed by atoms with Crippen molar-refractivity contribution in [2.45, 2.75) is 33.2 Å². The van der Waals surface area contributed by atoms with Crippen LogP contribution in [0.4, 0.5) is 10.1 Å². The molecule has 0 aliphatic rings. The second-order valence-electron chi connectivity index (χ2n) is 5.29. The molecule has 0 radical (unpaired) electrons. The van der Waals surface area contributed by atoms with Gasteiger partial charge in [-0.2, -0.15) is 0 Å². The second kappa shape index (κ2) is 6.40. The molecule has 0 aliphatic heterocycles.